The number of benzene rings is 1. The molecule has 4 rings (SSSR count). The third kappa shape index (κ3) is 3.24. The molecule has 0 bridgehead atoms. The van der Waals surface area contributed by atoms with E-state index in [0.717, 1.165) is 44.5 Å². The van der Waals surface area contributed by atoms with Crippen LogP contribution in [-0.4, -0.2) is 54.4 Å². The molecule has 0 aromatic heterocycles. The van der Waals surface area contributed by atoms with Gasteiger partial charge in [0.05, 0.1) is 13.0 Å². The van der Waals surface area contributed by atoms with Crippen molar-refractivity contribution in [2.75, 3.05) is 26.7 Å². The first-order valence-corrected chi connectivity index (χ1v) is 9.38. The van der Waals surface area contributed by atoms with Gasteiger partial charge in [0, 0.05) is 32.1 Å². The fourth-order valence-electron chi connectivity index (χ4n) is 4.31. The Morgan fingerprint density at radius 1 is 1.12 bits per heavy atom. The molecule has 1 aliphatic carbocycles. The van der Waals surface area contributed by atoms with Crippen molar-refractivity contribution in [2.24, 2.45) is 5.92 Å². The Morgan fingerprint density at radius 3 is 2.52 bits per heavy atom. The lowest BCUT2D eigenvalue weighted by molar-refractivity contribution is -0.136. The van der Waals surface area contributed by atoms with Gasteiger partial charge in [-0.1, -0.05) is 18.2 Å². The van der Waals surface area contributed by atoms with E-state index in [4.69, 9.17) is 4.74 Å². The summed E-state index contributed by atoms with van der Waals surface area (Å²) in [5.74, 6) is 1.60. The van der Waals surface area contributed by atoms with E-state index in [1.165, 1.54) is 5.56 Å². The molecule has 1 saturated carbocycles. The van der Waals surface area contributed by atoms with Crippen LogP contribution < -0.4 is 4.74 Å². The number of hydrogen-bond donors (Lipinski definition) is 0. The van der Waals surface area contributed by atoms with Crippen LogP contribution in [0.2, 0.25) is 0 Å². The number of ether oxygens (including phenoxy) is 1. The number of piperidine rings is 1. The molecule has 3 aliphatic rings. The molecule has 5 nitrogen and oxygen atoms in total. The fourth-order valence-corrected chi connectivity index (χ4v) is 4.31. The number of amides is 2. The van der Waals surface area contributed by atoms with E-state index in [1.54, 1.807) is 7.11 Å². The van der Waals surface area contributed by atoms with Crippen LogP contribution in [0.5, 0.6) is 5.75 Å². The van der Waals surface area contributed by atoms with Crippen LogP contribution in [0.3, 0.4) is 0 Å². The zero-order valence-corrected chi connectivity index (χ0v) is 14.8. The Kier molecular flexibility index (Phi) is 4.40. The van der Waals surface area contributed by atoms with Crippen molar-refractivity contribution in [3.05, 3.63) is 29.8 Å². The van der Waals surface area contributed by atoms with Crippen molar-refractivity contribution in [1.29, 1.82) is 0 Å². The van der Waals surface area contributed by atoms with E-state index in [0.29, 0.717) is 24.9 Å². The van der Waals surface area contributed by atoms with E-state index < -0.39 is 0 Å². The maximum absolute atomic E-state index is 12.8. The van der Waals surface area contributed by atoms with Crippen LogP contribution >= 0.6 is 0 Å². The average molecular weight is 342 g/mol. The van der Waals surface area contributed by atoms with Gasteiger partial charge in [0.25, 0.3) is 0 Å². The molecule has 134 valence electrons. The highest BCUT2D eigenvalue weighted by atomic mass is 16.5. The fraction of sp³-hybridized carbons (Fsp3) is 0.600. The van der Waals surface area contributed by atoms with E-state index >= 15 is 0 Å². The van der Waals surface area contributed by atoms with Gasteiger partial charge in [0.15, 0.2) is 0 Å². The predicted octanol–water partition coefficient (Wildman–Crippen LogP) is 2.41. The van der Waals surface area contributed by atoms with Gasteiger partial charge in [-0.3, -0.25) is 9.59 Å². The van der Waals surface area contributed by atoms with Gasteiger partial charge in [-0.05, 0) is 43.2 Å². The zero-order chi connectivity index (χ0) is 17.4. The van der Waals surface area contributed by atoms with E-state index in [-0.39, 0.29) is 17.7 Å². The standard InChI is InChI=1S/C20H26N2O3/c1-25-18-5-3-2-4-17(18)14-8-10-21(11-9-14)20(24)15-12-19(23)22(13-15)16-6-7-16/h2-5,14-16H,6-13H2,1H3/t15-/m0/s1. The second-order valence-electron chi connectivity index (χ2n) is 7.52. The first-order chi connectivity index (χ1) is 12.2. The van der Waals surface area contributed by atoms with Crippen molar-refractivity contribution in [3.8, 4) is 5.75 Å². The summed E-state index contributed by atoms with van der Waals surface area (Å²) in [7, 11) is 1.71. The van der Waals surface area contributed by atoms with Crippen LogP contribution in [0.1, 0.15) is 43.6 Å². The summed E-state index contributed by atoms with van der Waals surface area (Å²) in [6.45, 7) is 2.18. The number of carbonyl (C=O) groups is 2. The highest BCUT2D eigenvalue weighted by Gasteiger charge is 2.43. The molecule has 2 aliphatic heterocycles. The Hall–Kier alpha value is -2.04. The topological polar surface area (TPSA) is 49.9 Å². The molecular weight excluding hydrogens is 316 g/mol. The van der Waals surface area contributed by atoms with Gasteiger partial charge < -0.3 is 14.5 Å². The largest absolute Gasteiger partial charge is 0.496 e. The van der Waals surface area contributed by atoms with Gasteiger partial charge >= 0.3 is 0 Å². The minimum absolute atomic E-state index is 0.129. The second-order valence-corrected chi connectivity index (χ2v) is 7.52. The van der Waals surface area contributed by atoms with Crippen LogP contribution in [-0.2, 0) is 9.59 Å². The van der Waals surface area contributed by atoms with E-state index in [1.807, 2.05) is 28.0 Å². The highest BCUT2D eigenvalue weighted by molar-refractivity contribution is 5.89. The monoisotopic (exact) mass is 342 g/mol. The molecule has 3 fully saturated rings. The van der Waals surface area contributed by atoms with Gasteiger partial charge in [-0.15, -0.1) is 0 Å². The smallest absolute Gasteiger partial charge is 0.227 e. The first-order valence-electron chi connectivity index (χ1n) is 9.38. The lowest BCUT2D eigenvalue weighted by Gasteiger charge is -2.34. The Bertz CT molecular complexity index is 663. The molecule has 0 spiro atoms. The molecule has 1 atom stereocenters. The number of methoxy groups -OCH3 is 1. The third-order valence-electron chi connectivity index (χ3n) is 5.88. The summed E-state index contributed by atoms with van der Waals surface area (Å²) in [6, 6.07) is 8.59. The molecule has 1 aromatic rings. The van der Waals surface area contributed by atoms with Crippen LogP contribution in [0.4, 0.5) is 0 Å². The summed E-state index contributed by atoms with van der Waals surface area (Å²) < 4.78 is 5.48. The summed E-state index contributed by atoms with van der Waals surface area (Å²) in [4.78, 5) is 28.8. The number of rotatable bonds is 4. The number of para-hydroxylation sites is 1. The summed E-state index contributed by atoms with van der Waals surface area (Å²) in [6.07, 6.45) is 4.54. The van der Waals surface area contributed by atoms with Gasteiger partial charge in [0.2, 0.25) is 11.8 Å². The Morgan fingerprint density at radius 2 is 1.84 bits per heavy atom. The number of likely N-dealkylation sites (tertiary alicyclic amines) is 2. The molecule has 2 amide bonds. The zero-order valence-electron chi connectivity index (χ0n) is 14.8. The minimum Gasteiger partial charge on any atom is -0.496 e. The number of carbonyl (C=O) groups excluding carboxylic acids is 2. The van der Waals surface area contributed by atoms with Gasteiger partial charge in [-0.2, -0.15) is 0 Å². The maximum atomic E-state index is 12.8. The van der Waals surface area contributed by atoms with E-state index in [9.17, 15) is 9.59 Å². The molecule has 2 saturated heterocycles. The summed E-state index contributed by atoms with van der Waals surface area (Å²) in [5.41, 5.74) is 1.24. The van der Waals surface area contributed by atoms with E-state index in [2.05, 4.69) is 6.07 Å². The van der Waals surface area contributed by atoms with Crippen molar-refractivity contribution in [2.45, 2.75) is 44.1 Å². The van der Waals surface area contributed by atoms with Crippen molar-refractivity contribution in [3.63, 3.8) is 0 Å². The normalized spacial score (nSPS) is 24.7. The SMILES string of the molecule is COc1ccccc1C1CCN(C(=O)[C@H]2CC(=O)N(C3CC3)C2)CC1. The summed E-state index contributed by atoms with van der Waals surface area (Å²) in [5, 5.41) is 0. The first kappa shape index (κ1) is 16.4. The molecular formula is C20H26N2O3. The van der Waals surface area contributed by atoms with Crippen LogP contribution in [0.25, 0.3) is 0 Å². The van der Waals surface area contributed by atoms with Gasteiger partial charge in [-0.25, -0.2) is 0 Å². The lowest BCUT2D eigenvalue weighted by atomic mass is 9.88. The minimum atomic E-state index is -0.129. The van der Waals surface area contributed by atoms with Crippen LogP contribution in [0.15, 0.2) is 24.3 Å². The molecule has 2 heterocycles. The highest BCUT2D eigenvalue weighted by Crippen LogP contribution is 2.36. The molecule has 0 radical (unpaired) electrons. The van der Waals surface area contributed by atoms with Crippen molar-refractivity contribution >= 4 is 11.8 Å². The quantitative estimate of drug-likeness (QED) is 0.844. The van der Waals surface area contributed by atoms with Gasteiger partial charge in [0.1, 0.15) is 5.75 Å². The Balaban J connectivity index is 1.35. The summed E-state index contributed by atoms with van der Waals surface area (Å²) >= 11 is 0. The molecule has 0 N–H and O–H groups in total. The molecule has 5 heteroatoms. The average Bonchev–Trinajstić information content (AvgIpc) is 3.43. The maximum Gasteiger partial charge on any atom is 0.227 e. The van der Waals surface area contributed by atoms with Crippen molar-refractivity contribution in [1.82, 2.24) is 9.80 Å². The molecule has 0 unspecified atom stereocenters. The van der Waals surface area contributed by atoms with Crippen molar-refractivity contribution < 1.29 is 14.3 Å². The molecule has 1 aromatic carbocycles. The Labute approximate surface area is 148 Å². The predicted molar refractivity (Wildman–Crippen MR) is 94.4 cm³/mol. The lowest BCUT2D eigenvalue weighted by Crippen LogP contribution is -2.42. The second kappa shape index (κ2) is 6.70. The third-order valence-corrected chi connectivity index (χ3v) is 5.88. The number of nitrogens with zero attached hydrogens (tertiary/aromatic N) is 2. The number of hydrogen-bond acceptors (Lipinski definition) is 3. The van der Waals surface area contributed by atoms with Crippen LogP contribution in [0, 0.1) is 5.92 Å². The molecule has 25 heavy (non-hydrogen) atoms.